The number of aryl methyl sites for hydroxylation is 2. The lowest BCUT2D eigenvalue weighted by Gasteiger charge is -2.18. The average Bonchev–Trinajstić information content (AvgIpc) is 3.18. The molecular weight excluding hydrogens is 385 g/mol. The van der Waals surface area contributed by atoms with Gasteiger partial charge in [0.05, 0.1) is 12.3 Å². The van der Waals surface area contributed by atoms with E-state index < -0.39 is 11.9 Å². The summed E-state index contributed by atoms with van der Waals surface area (Å²) in [6.45, 7) is 0.153. The summed E-state index contributed by atoms with van der Waals surface area (Å²) in [5.74, 6) is -0.286. The smallest absolute Gasteiger partial charge is 0.304 e. The van der Waals surface area contributed by atoms with Gasteiger partial charge in [-0.15, -0.1) is 10.2 Å². The lowest BCUT2D eigenvalue weighted by atomic mass is 9.90. The number of hydrogen-bond donors (Lipinski definition) is 1. The SMILES string of the molecule is Cn1cnnc1C(CC(=O)O)c1ccc(OCc2ccc3c(c2F)CCCC3)cc1. The number of benzene rings is 2. The zero-order chi connectivity index (χ0) is 21.1. The van der Waals surface area contributed by atoms with Gasteiger partial charge in [0.1, 0.15) is 30.3 Å². The third-order valence-corrected chi connectivity index (χ3v) is 5.66. The van der Waals surface area contributed by atoms with E-state index in [0.29, 0.717) is 17.1 Å². The van der Waals surface area contributed by atoms with Crippen molar-refractivity contribution in [3.63, 3.8) is 0 Å². The highest BCUT2D eigenvalue weighted by atomic mass is 19.1. The zero-order valence-corrected chi connectivity index (χ0v) is 16.8. The molecule has 0 spiro atoms. The summed E-state index contributed by atoms with van der Waals surface area (Å²) in [5.41, 5.74) is 3.31. The highest BCUT2D eigenvalue weighted by Gasteiger charge is 2.22. The molecule has 1 aliphatic carbocycles. The molecule has 7 heteroatoms. The van der Waals surface area contributed by atoms with Crippen LogP contribution in [0.15, 0.2) is 42.7 Å². The van der Waals surface area contributed by atoms with Crippen LogP contribution in [-0.2, 0) is 31.3 Å². The number of carbonyl (C=O) groups is 1. The molecule has 0 bridgehead atoms. The van der Waals surface area contributed by atoms with Crippen LogP contribution >= 0.6 is 0 Å². The maximum absolute atomic E-state index is 14.8. The summed E-state index contributed by atoms with van der Waals surface area (Å²) >= 11 is 0. The normalized spacial score (nSPS) is 14.2. The number of fused-ring (bicyclic) bond motifs is 1. The molecule has 3 aromatic rings. The molecule has 1 heterocycles. The second kappa shape index (κ2) is 8.65. The van der Waals surface area contributed by atoms with Crippen molar-refractivity contribution in [3.8, 4) is 5.75 Å². The summed E-state index contributed by atoms with van der Waals surface area (Å²) in [6, 6.07) is 11.0. The van der Waals surface area contributed by atoms with Gasteiger partial charge in [0.25, 0.3) is 0 Å². The molecule has 1 aliphatic rings. The molecule has 30 heavy (non-hydrogen) atoms. The fourth-order valence-corrected chi connectivity index (χ4v) is 4.04. The van der Waals surface area contributed by atoms with Crippen molar-refractivity contribution in [2.45, 2.75) is 44.6 Å². The zero-order valence-electron chi connectivity index (χ0n) is 16.8. The lowest BCUT2D eigenvalue weighted by molar-refractivity contribution is -0.137. The molecule has 4 rings (SSSR count). The van der Waals surface area contributed by atoms with Crippen LogP contribution in [0.1, 0.15) is 53.3 Å². The highest BCUT2D eigenvalue weighted by Crippen LogP contribution is 2.29. The van der Waals surface area contributed by atoms with Crippen molar-refractivity contribution in [1.29, 1.82) is 0 Å². The molecule has 0 radical (unpaired) electrons. The second-order valence-corrected chi connectivity index (χ2v) is 7.69. The number of rotatable bonds is 7. The van der Waals surface area contributed by atoms with E-state index in [1.165, 1.54) is 0 Å². The Morgan fingerprint density at radius 1 is 1.20 bits per heavy atom. The van der Waals surface area contributed by atoms with E-state index in [9.17, 15) is 14.3 Å². The summed E-state index contributed by atoms with van der Waals surface area (Å²) in [6.07, 6.45) is 5.33. The molecule has 0 fully saturated rings. The monoisotopic (exact) mass is 409 g/mol. The van der Waals surface area contributed by atoms with E-state index in [1.54, 1.807) is 30.1 Å². The number of aliphatic carboxylic acids is 1. The first-order chi connectivity index (χ1) is 14.5. The van der Waals surface area contributed by atoms with Gasteiger partial charge < -0.3 is 14.4 Å². The van der Waals surface area contributed by atoms with Gasteiger partial charge in [-0.1, -0.05) is 24.3 Å². The Bertz CT molecular complexity index is 1050. The second-order valence-electron chi connectivity index (χ2n) is 7.69. The molecule has 0 aliphatic heterocycles. The first-order valence-corrected chi connectivity index (χ1v) is 10.1. The third-order valence-electron chi connectivity index (χ3n) is 5.66. The maximum atomic E-state index is 14.8. The van der Waals surface area contributed by atoms with Gasteiger partial charge >= 0.3 is 5.97 Å². The fraction of sp³-hybridized carbons (Fsp3) is 0.348. The summed E-state index contributed by atoms with van der Waals surface area (Å²) in [7, 11) is 1.79. The van der Waals surface area contributed by atoms with Crippen molar-refractivity contribution < 1.29 is 19.0 Å². The van der Waals surface area contributed by atoms with Crippen LogP contribution in [0.5, 0.6) is 5.75 Å². The predicted molar refractivity (Wildman–Crippen MR) is 109 cm³/mol. The Labute approximate surface area is 174 Å². The molecule has 1 unspecified atom stereocenters. The number of nitrogens with zero attached hydrogens (tertiary/aromatic N) is 3. The van der Waals surface area contributed by atoms with Gasteiger partial charge in [-0.3, -0.25) is 4.79 Å². The van der Waals surface area contributed by atoms with Gasteiger partial charge in [-0.05, 0) is 54.5 Å². The molecule has 0 amide bonds. The minimum atomic E-state index is -0.911. The Morgan fingerprint density at radius 2 is 1.97 bits per heavy atom. The molecule has 2 aromatic carbocycles. The van der Waals surface area contributed by atoms with Crippen LogP contribution in [0.25, 0.3) is 0 Å². The summed E-state index contributed by atoms with van der Waals surface area (Å²) < 4.78 is 22.3. The number of aromatic nitrogens is 3. The summed E-state index contributed by atoms with van der Waals surface area (Å²) in [5, 5.41) is 17.2. The third kappa shape index (κ3) is 4.20. The van der Waals surface area contributed by atoms with Gasteiger partial charge in [0.2, 0.25) is 0 Å². The van der Waals surface area contributed by atoms with E-state index in [4.69, 9.17) is 4.74 Å². The van der Waals surface area contributed by atoms with E-state index in [1.807, 2.05) is 24.3 Å². The largest absolute Gasteiger partial charge is 0.489 e. The topological polar surface area (TPSA) is 77.2 Å². The van der Waals surface area contributed by atoms with Gasteiger partial charge in [-0.25, -0.2) is 4.39 Å². The number of carboxylic acid groups (broad SMARTS) is 1. The first-order valence-electron chi connectivity index (χ1n) is 10.1. The predicted octanol–water partition coefficient (Wildman–Crippen LogP) is 4.02. The van der Waals surface area contributed by atoms with E-state index in [2.05, 4.69) is 10.2 Å². The molecule has 1 N–H and O–H groups in total. The Balaban J connectivity index is 1.48. The van der Waals surface area contributed by atoms with Gasteiger partial charge in [0.15, 0.2) is 0 Å². The molecule has 0 saturated heterocycles. The molecule has 6 nitrogen and oxygen atoms in total. The number of carboxylic acids is 1. The summed E-state index contributed by atoms with van der Waals surface area (Å²) in [4.78, 5) is 11.3. The lowest BCUT2D eigenvalue weighted by Crippen LogP contribution is -2.12. The van der Waals surface area contributed by atoms with Crippen molar-refractivity contribution >= 4 is 5.97 Å². The maximum Gasteiger partial charge on any atom is 0.304 e. The highest BCUT2D eigenvalue weighted by molar-refractivity contribution is 5.68. The van der Waals surface area contributed by atoms with Crippen molar-refractivity contribution in [2.75, 3.05) is 0 Å². The van der Waals surface area contributed by atoms with Crippen LogP contribution in [0.3, 0.4) is 0 Å². The van der Waals surface area contributed by atoms with Crippen molar-refractivity contribution in [3.05, 3.63) is 76.6 Å². The standard InChI is InChI=1S/C23H24FN3O3/c1-27-14-25-26-23(27)20(12-21(28)29)16-8-10-18(11-9-16)30-13-17-7-6-15-4-2-3-5-19(15)22(17)24/h6-11,14,20H,2-5,12-13H2,1H3,(H,28,29). The molecule has 0 saturated carbocycles. The minimum absolute atomic E-state index is 0.0902. The van der Waals surface area contributed by atoms with E-state index in [-0.39, 0.29) is 18.8 Å². The number of halogens is 1. The Hall–Kier alpha value is -3.22. The van der Waals surface area contributed by atoms with Gasteiger partial charge in [0, 0.05) is 12.6 Å². The number of ether oxygens (including phenoxy) is 1. The van der Waals surface area contributed by atoms with Crippen molar-refractivity contribution in [1.82, 2.24) is 14.8 Å². The molecular formula is C23H24FN3O3. The Morgan fingerprint density at radius 3 is 2.67 bits per heavy atom. The van der Waals surface area contributed by atoms with Crippen LogP contribution in [0.2, 0.25) is 0 Å². The Kier molecular flexibility index (Phi) is 5.79. The van der Waals surface area contributed by atoms with E-state index >= 15 is 0 Å². The fourth-order valence-electron chi connectivity index (χ4n) is 4.04. The number of hydrogen-bond acceptors (Lipinski definition) is 4. The van der Waals surface area contributed by atoms with E-state index in [0.717, 1.165) is 42.4 Å². The quantitative estimate of drug-likeness (QED) is 0.638. The van der Waals surface area contributed by atoms with Crippen molar-refractivity contribution in [2.24, 2.45) is 7.05 Å². The van der Waals surface area contributed by atoms with Crippen LogP contribution in [0.4, 0.5) is 4.39 Å². The minimum Gasteiger partial charge on any atom is -0.489 e. The molecule has 1 atom stereocenters. The molecule has 1 aromatic heterocycles. The average molecular weight is 409 g/mol. The van der Waals surface area contributed by atoms with Crippen LogP contribution in [0, 0.1) is 5.82 Å². The van der Waals surface area contributed by atoms with Gasteiger partial charge in [-0.2, -0.15) is 0 Å². The van der Waals surface area contributed by atoms with Crippen LogP contribution < -0.4 is 4.74 Å². The first kappa shape index (κ1) is 20.1. The molecule has 156 valence electrons. The van der Waals surface area contributed by atoms with Crippen LogP contribution in [-0.4, -0.2) is 25.8 Å².